The van der Waals surface area contributed by atoms with Crippen molar-refractivity contribution < 1.29 is 15.0 Å². The maximum atomic E-state index is 10.7. The van der Waals surface area contributed by atoms with Crippen molar-refractivity contribution >= 4 is 17.3 Å². The molecule has 4 heteroatoms. The van der Waals surface area contributed by atoms with Gasteiger partial charge in [-0.05, 0) is 48.1 Å². The van der Waals surface area contributed by atoms with Crippen LogP contribution in [-0.4, -0.2) is 22.3 Å². The second kappa shape index (κ2) is 3.94. The predicted octanol–water partition coefficient (Wildman–Crippen LogP) is 1.91. The first-order valence-electron chi connectivity index (χ1n) is 5.06. The van der Waals surface area contributed by atoms with Crippen molar-refractivity contribution in [2.45, 2.75) is 31.8 Å². The van der Waals surface area contributed by atoms with Crippen molar-refractivity contribution in [3.05, 3.63) is 22.4 Å². The van der Waals surface area contributed by atoms with Crippen LogP contribution in [0.3, 0.4) is 0 Å². The summed E-state index contributed by atoms with van der Waals surface area (Å²) in [4.78, 5) is 10.7. The summed E-state index contributed by atoms with van der Waals surface area (Å²) >= 11 is 1.65. The SMILES string of the molecule is O=C(O)C(O)C1(CCc2ccsc2)CC1. The van der Waals surface area contributed by atoms with E-state index in [9.17, 15) is 9.90 Å². The average molecular weight is 226 g/mol. The van der Waals surface area contributed by atoms with Crippen molar-refractivity contribution in [2.24, 2.45) is 5.41 Å². The second-order valence-electron chi connectivity index (χ2n) is 4.23. The summed E-state index contributed by atoms with van der Waals surface area (Å²) in [6.45, 7) is 0. The van der Waals surface area contributed by atoms with Crippen LogP contribution in [-0.2, 0) is 11.2 Å². The molecule has 1 aliphatic rings. The lowest BCUT2D eigenvalue weighted by molar-refractivity contribution is -0.150. The van der Waals surface area contributed by atoms with E-state index in [0.717, 1.165) is 25.7 Å². The van der Waals surface area contributed by atoms with Gasteiger partial charge in [0.05, 0.1) is 0 Å². The van der Waals surface area contributed by atoms with Gasteiger partial charge in [0.25, 0.3) is 0 Å². The highest BCUT2D eigenvalue weighted by Crippen LogP contribution is 2.52. The molecule has 0 aromatic carbocycles. The molecule has 0 saturated heterocycles. The van der Waals surface area contributed by atoms with Crippen LogP contribution >= 0.6 is 11.3 Å². The van der Waals surface area contributed by atoms with Crippen molar-refractivity contribution in [1.29, 1.82) is 0 Å². The summed E-state index contributed by atoms with van der Waals surface area (Å²) in [6.07, 6.45) is 2.14. The zero-order valence-corrected chi connectivity index (χ0v) is 9.17. The molecule has 0 bridgehead atoms. The number of aryl methyl sites for hydroxylation is 1. The van der Waals surface area contributed by atoms with Crippen LogP contribution in [0.15, 0.2) is 16.8 Å². The Morgan fingerprint density at radius 2 is 2.33 bits per heavy atom. The van der Waals surface area contributed by atoms with E-state index in [1.54, 1.807) is 11.3 Å². The van der Waals surface area contributed by atoms with Crippen molar-refractivity contribution in [2.75, 3.05) is 0 Å². The van der Waals surface area contributed by atoms with E-state index in [4.69, 9.17) is 5.11 Å². The second-order valence-corrected chi connectivity index (χ2v) is 5.01. The average Bonchev–Trinajstić information content (AvgIpc) is 2.82. The van der Waals surface area contributed by atoms with Crippen LogP contribution in [0.5, 0.6) is 0 Å². The summed E-state index contributed by atoms with van der Waals surface area (Å²) in [5.74, 6) is -1.09. The molecule has 0 amide bonds. The first-order chi connectivity index (χ1) is 7.14. The van der Waals surface area contributed by atoms with Gasteiger partial charge in [-0.25, -0.2) is 4.79 Å². The normalized spacial score (nSPS) is 19.8. The number of aliphatic hydroxyl groups excluding tert-OH is 1. The van der Waals surface area contributed by atoms with Crippen molar-refractivity contribution in [3.63, 3.8) is 0 Å². The Balaban J connectivity index is 1.91. The summed E-state index contributed by atoms with van der Waals surface area (Å²) in [7, 11) is 0. The lowest BCUT2D eigenvalue weighted by Crippen LogP contribution is -2.31. The maximum absolute atomic E-state index is 10.7. The highest BCUT2D eigenvalue weighted by atomic mass is 32.1. The van der Waals surface area contributed by atoms with Crippen molar-refractivity contribution in [1.82, 2.24) is 0 Å². The number of hydrogen-bond donors (Lipinski definition) is 2. The smallest absolute Gasteiger partial charge is 0.333 e. The van der Waals surface area contributed by atoms with Crippen molar-refractivity contribution in [3.8, 4) is 0 Å². The van der Waals surface area contributed by atoms with E-state index in [-0.39, 0.29) is 5.41 Å². The Hall–Kier alpha value is -0.870. The van der Waals surface area contributed by atoms with Gasteiger partial charge in [0, 0.05) is 5.41 Å². The number of rotatable bonds is 5. The van der Waals surface area contributed by atoms with E-state index in [1.165, 1.54) is 5.56 Å². The van der Waals surface area contributed by atoms with Gasteiger partial charge in [0.15, 0.2) is 6.10 Å². The fourth-order valence-corrected chi connectivity index (χ4v) is 2.61. The number of carbonyl (C=O) groups is 1. The summed E-state index contributed by atoms with van der Waals surface area (Å²) < 4.78 is 0. The van der Waals surface area contributed by atoms with Crippen LogP contribution < -0.4 is 0 Å². The minimum atomic E-state index is -1.18. The fourth-order valence-electron chi connectivity index (χ4n) is 1.91. The minimum Gasteiger partial charge on any atom is -0.479 e. The maximum Gasteiger partial charge on any atom is 0.333 e. The monoisotopic (exact) mass is 226 g/mol. The van der Waals surface area contributed by atoms with Gasteiger partial charge < -0.3 is 10.2 Å². The third-order valence-corrected chi connectivity index (χ3v) is 3.93. The zero-order chi connectivity index (χ0) is 10.9. The molecule has 1 unspecified atom stereocenters. The zero-order valence-electron chi connectivity index (χ0n) is 8.35. The molecule has 2 N–H and O–H groups in total. The van der Waals surface area contributed by atoms with Gasteiger partial charge in [-0.15, -0.1) is 0 Å². The third-order valence-electron chi connectivity index (χ3n) is 3.20. The fraction of sp³-hybridized carbons (Fsp3) is 0.545. The van der Waals surface area contributed by atoms with Crippen LogP contribution in [0.25, 0.3) is 0 Å². The molecule has 0 aliphatic heterocycles. The van der Waals surface area contributed by atoms with E-state index in [1.807, 2.05) is 11.4 Å². The highest BCUT2D eigenvalue weighted by molar-refractivity contribution is 7.07. The molecule has 1 heterocycles. The molecule has 1 aromatic rings. The lowest BCUT2D eigenvalue weighted by Gasteiger charge is -2.17. The Morgan fingerprint density at radius 1 is 1.60 bits per heavy atom. The van der Waals surface area contributed by atoms with Crippen LogP contribution in [0.1, 0.15) is 24.8 Å². The van der Waals surface area contributed by atoms with E-state index in [0.29, 0.717) is 0 Å². The largest absolute Gasteiger partial charge is 0.479 e. The van der Waals surface area contributed by atoms with Gasteiger partial charge in [0.2, 0.25) is 0 Å². The van der Waals surface area contributed by atoms with Gasteiger partial charge >= 0.3 is 5.97 Å². The molecule has 1 aliphatic carbocycles. The lowest BCUT2D eigenvalue weighted by atomic mass is 9.92. The molecule has 15 heavy (non-hydrogen) atoms. The molecule has 0 spiro atoms. The molecule has 1 aromatic heterocycles. The van der Waals surface area contributed by atoms with Crippen LogP contribution in [0.4, 0.5) is 0 Å². The minimum absolute atomic E-state index is 0.340. The molecule has 1 atom stereocenters. The molecule has 2 rings (SSSR count). The number of carboxylic acid groups (broad SMARTS) is 1. The summed E-state index contributed by atoms with van der Waals surface area (Å²) in [5, 5.41) is 22.4. The van der Waals surface area contributed by atoms with E-state index in [2.05, 4.69) is 5.38 Å². The topological polar surface area (TPSA) is 57.5 Å². The molecule has 1 saturated carbocycles. The molecular weight excluding hydrogens is 212 g/mol. The van der Waals surface area contributed by atoms with Crippen LogP contribution in [0, 0.1) is 5.41 Å². The molecule has 82 valence electrons. The number of aliphatic hydroxyl groups is 1. The van der Waals surface area contributed by atoms with E-state index < -0.39 is 12.1 Å². The summed E-state index contributed by atoms with van der Waals surface area (Å²) in [5.41, 5.74) is 0.900. The number of aliphatic carboxylic acids is 1. The van der Waals surface area contributed by atoms with Gasteiger partial charge in [-0.1, -0.05) is 0 Å². The number of carboxylic acids is 1. The quantitative estimate of drug-likeness (QED) is 0.806. The Kier molecular flexibility index (Phi) is 2.80. The van der Waals surface area contributed by atoms with Gasteiger partial charge in [-0.3, -0.25) is 0 Å². The van der Waals surface area contributed by atoms with Crippen LogP contribution in [0.2, 0.25) is 0 Å². The third kappa shape index (κ3) is 2.21. The molecule has 3 nitrogen and oxygen atoms in total. The Labute approximate surface area is 92.4 Å². The first kappa shape index (κ1) is 10.6. The molecular formula is C11H14O3S. The van der Waals surface area contributed by atoms with E-state index >= 15 is 0 Å². The molecule has 1 fully saturated rings. The first-order valence-corrected chi connectivity index (χ1v) is 6.00. The Morgan fingerprint density at radius 3 is 2.80 bits per heavy atom. The Bertz CT molecular complexity index is 341. The molecule has 0 radical (unpaired) electrons. The van der Waals surface area contributed by atoms with Gasteiger partial charge in [-0.2, -0.15) is 11.3 Å². The number of thiophene rings is 1. The highest BCUT2D eigenvalue weighted by Gasteiger charge is 2.51. The standard InChI is InChI=1S/C11H14O3S/c12-9(10(13)14)11(4-5-11)3-1-8-2-6-15-7-8/h2,6-7,9,12H,1,3-5H2,(H,13,14). The number of hydrogen-bond acceptors (Lipinski definition) is 3. The summed E-state index contributed by atoms with van der Waals surface area (Å²) in [6, 6.07) is 2.05. The predicted molar refractivity (Wildman–Crippen MR) is 57.9 cm³/mol. The van der Waals surface area contributed by atoms with Gasteiger partial charge in [0.1, 0.15) is 0 Å².